The number of amides is 1. The number of furan rings is 1. The van der Waals surface area contributed by atoms with Gasteiger partial charge in [0.05, 0.1) is 17.8 Å². The molecule has 6 nitrogen and oxygen atoms in total. The molecule has 0 atom stereocenters. The summed E-state index contributed by atoms with van der Waals surface area (Å²) in [5.74, 6) is 1.04. The minimum absolute atomic E-state index is 0.0588. The van der Waals surface area contributed by atoms with Gasteiger partial charge in [-0.05, 0) is 24.3 Å². The third kappa shape index (κ3) is 5.31. The number of aromatic nitrogens is 1. The standard InChI is InChI=1S/C25H22N2O4S/c1-18(28)27(21-10-6-3-7-11-21)25-26-20(17-32-25)16-30-24(29)15-13-22-12-14-23(31-22)19-8-4-2-5-9-19/h2-12,14,17H,13,15-16H2,1H3. The fourth-order valence-electron chi connectivity index (χ4n) is 3.19. The summed E-state index contributed by atoms with van der Waals surface area (Å²) in [6.07, 6.45) is 0.669. The van der Waals surface area contributed by atoms with E-state index in [9.17, 15) is 9.59 Å². The van der Waals surface area contributed by atoms with Gasteiger partial charge < -0.3 is 9.15 Å². The second-order valence-electron chi connectivity index (χ2n) is 7.10. The van der Waals surface area contributed by atoms with Crippen LogP contribution in [0.4, 0.5) is 10.8 Å². The summed E-state index contributed by atoms with van der Waals surface area (Å²) in [4.78, 5) is 30.3. The zero-order valence-corrected chi connectivity index (χ0v) is 18.4. The topological polar surface area (TPSA) is 72.6 Å². The van der Waals surface area contributed by atoms with Crippen molar-refractivity contribution in [3.63, 3.8) is 0 Å². The number of anilines is 2. The average molecular weight is 447 g/mol. The van der Waals surface area contributed by atoms with E-state index < -0.39 is 0 Å². The molecule has 7 heteroatoms. The van der Waals surface area contributed by atoms with E-state index in [1.54, 1.807) is 5.38 Å². The highest BCUT2D eigenvalue weighted by atomic mass is 32.1. The van der Waals surface area contributed by atoms with Crippen molar-refractivity contribution >= 4 is 34.0 Å². The largest absolute Gasteiger partial charge is 0.461 e. The van der Waals surface area contributed by atoms with Crippen molar-refractivity contribution in [2.45, 2.75) is 26.4 Å². The predicted octanol–water partition coefficient (Wildman–Crippen LogP) is 5.76. The molecule has 32 heavy (non-hydrogen) atoms. The third-order valence-electron chi connectivity index (χ3n) is 4.74. The molecule has 0 N–H and O–H groups in total. The van der Waals surface area contributed by atoms with Crippen molar-refractivity contribution in [2.24, 2.45) is 0 Å². The molecule has 0 radical (unpaired) electrons. The lowest BCUT2D eigenvalue weighted by Crippen LogP contribution is -2.22. The minimum Gasteiger partial charge on any atom is -0.461 e. The lowest BCUT2D eigenvalue weighted by Gasteiger charge is -2.17. The zero-order valence-electron chi connectivity index (χ0n) is 17.6. The molecule has 0 aliphatic rings. The van der Waals surface area contributed by atoms with Crippen molar-refractivity contribution < 1.29 is 18.7 Å². The van der Waals surface area contributed by atoms with Crippen LogP contribution in [0.1, 0.15) is 24.8 Å². The second kappa shape index (κ2) is 10.1. The highest BCUT2D eigenvalue weighted by molar-refractivity contribution is 7.14. The molecule has 2 aromatic carbocycles. The van der Waals surface area contributed by atoms with E-state index in [1.165, 1.54) is 23.2 Å². The number of benzene rings is 2. The van der Waals surface area contributed by atoms with Crippen LogP contribution in [0.3, 0.4) is 0 Å². The van der Waals surface area contributed by atoms with Crippen LogP contribution in [0.2, 0.25) is 0 Å². The SMILES string of the molecule is CC(=O)N(c1ccccc1)c1nc(COC(=O)CCc2ccc(-c3ccccc3)o2)cs1. The monoisotopic (exact) mass is 446 g/mol. The molecular weight excluding hydrogens is 424 g/mol. The fourth-order valence-corrected chi connectivity index (χ4v) is 4.06. The van der Waals surface area contributed by atoms with Gasteiger partial charge in [0, 0.05) is 24.3 Å². The Balaban J connectivity index is 1.30. The lowest BCUT2D eigenvalue weighted by atomic mass is 10.2. The van der Waals surface area contributed by atoms with Gasteiger partial charge in [-0.3, -0.25) is 14.5 Å². The first-order chi connectivity index (χ1) is 15.6. The Hall–Kier alpha value is -3.71. The summed E-state index contributed by atoms with van der Waals surface area (Å²) in [6, 6.07) is 22.9. The van der Waals surface area contributed by atoms with Crippen LogP contribution < -0.4 is 4.90 Å². The smallest absolute Gasteiger partial charge is 0.306 e. The maximum Gasteiger partial charge on any atom is 0.306 e. The number of hydrogen-bond donors (Lipinski definition) is 0. The van der Waals surface area contributed by atoms with Gasteiger partial charge in [0.15, 0.2) is 5.13 Å². The van der Waals surface area contributed by atoms with Crippen molar-refractivity contribution in [1.82, 2.24) is 4.98 Å². The third-order valence-corrected chi connectivity index (χ3v) is 5.61. The summed E-state index contributed by atoms with van der Waals surface area (Å²) in [5.41, 5.74) is 2.34. The molecule has 0 aliphatic heterocycles. The molecule has 2 aromatic heterocycles. The van der Waals surface area contributed by atoms with E-state index in [0.717, 1.165) is 22.8 Å². The van der Waals surface area contributed by atoms with Crippen LogP contribution in [0, 0.1) is 0 Å². The van der Waals surface area contributed by atoms with Gasteiger partial charge in [0.1, 0.15) is 18.1 Å². The van der Waals surface area contributed by atoms with Gasteiger partial charge in [0.25, 0.3) is 0 Å². The Bertz CT molecular complexity index is 1180. The molecule has 0 unspecified atom stereocenters. The van der Waals surface area contributed by atoms with Crippen molar-refractivity contribution in [2.75, 3.05) is 4.90 Å². The Kier molecular flexibility index (Phi) is 6.77. The second-order valence-corrected chi connectivity index (χ2v) is 7.94. The van der Waals surface area contributed by atoms with E-state index in [-0.39, 0.29) is 24.9 Å². The molecular formula is C25H22N2O4S. The number of thiazole rings is 1. The number of carbonyl (C=O) groups excluding carboxylic acids is 2. The maximum absolute atomic E-state index is 12.2. The Morgan fingerprint density at radius 2 is 1.72 bits per heavy atom. The van der Waals surface area contributed by atoms with Gasteiger partial charge in [0.2, 0.25) is 5.91 Å². The van der Waals surface area contributed by atoms with Crippen LogP contribution >= 0.6 is 11.3 Å². The average Bonchev–Trinajstić information content (AvgIpc) is 3.47. The Morgan fingerprint density at radius 3 is 2.44 bits per heavy atom. The summed E-state index contributed by atoms with van der Waals surface area (Å²) in [7, 11) is 0. The number of aryl methyl sites for hydroxylation is 1. The predicted molar refractivity (Wildman–Crippen MR) is 124 cm³/mol. The fraction of sp³-hybridized carbons (Fsp3) is 0.160. The highest BCUT2D eigenvalue weighted by Gasteiger charge is 2.18. The molecule has 4 aromatic rings. The van der Waals surface area contributed by atoms with E-state index in [0.29, 0.717) is 17.2 Å². The van der Waals surface area contributed by atoms with E-state index in [2.05, 4.69) is 4.98 Å². The number of carbonyl (C=O) groups is 2. The summed E-state index contributed by atoms with van der Waals surface area (Å²) in [6.45, 7) is 1.55. The summed E-state index contributed by atoms with van der Waals surface area (Å²) >= 11 is 1.33. The van der Waals surface area contributed by atoms with Gasteiger partial charge >= 0.3 is 5.97 Å². The first-order valence-corrected chi connectivity index (χ1v) is 11.1. The molecule has 1 amide bonds. The van der Waals surface area contributed by atoms with E-state index in [4.69, 9.17) is 9.15 Å². The van der Waals surface area contributed by atoms with Crippen LogP contribution in [0.15, 0.2) is 82.6 Å². The van der Waals surface area contributed by atoms with Gasteiger partial charge in [-0.15, -0.1) is 11.3 Å². The molecule has 0 spiro atoms. The van der Waals surface area contributed by atoms with Crippen molar-refractivity contribution in [1.29, 1.82) is 0 Å². The molecule has 0 fully saturated rings. The molecule has 0 saturated carbocycles. The molecule has 162 valence electrons. The highest BCUT2D eigenvalue weighted by Crippen LogP contribution is 2.29. The van der Waals surface area contributed by atoms with Crippen LogP contribution in [0.25, 0.3) is 11.3 Å². The number of nitrogens with zero attached hydrogens (tertiary/aromatic N) is 2. The Labute approximate surface area is 190 Å². The molecule has 0 saturated heterocycles. The first-order valence-electron chi connectivity index (χ1n) is 10.2. The summed E-state index contributed by atoms with van der Waals surface area (Å²) < 4.78 is 11.2. The van der Waals surface area contributed by atoms with Crippen LogP contribution in [-0.2, 0) is 27.4 Å². The molecule has 2 heterocycles. The van der Waals surface area contributed by atoms with Crippen molar-refractivity contribution in [3.8, 4) is 11.3 Å². The number of esters is 1. The Morgan fingerprint density at radius 1 is 1.00 bits per heavy atom. The first kappa shape index (κ1) is 21.5. The van der Waals surface area contributed by atoms with Crippen LogP contribution in [0.5, 0.6) is 0 Å². The van der Waals surface area contributed by atoms with Crippen LogP contribution in [-0.4, -0.2) is 16.9 Å². The maximum atomic E-state index is 12.2. The van der Waals surface area contributed by atoms with Gasteiger partial charge in [-0.25, -0.2) is 4.98 Å². The van der Waals surface area contributed by atoms with Crippen molar-refractivity contribution in [3.05, 3.63) is 89.6 Å². The normalized spacial score (nSPS) is 10.7. The number of rotatable bonds is 8. The van der Waals surface area contributed by atoms with E-state index >= 15 is 0 Å². The number of para-hydroxylation sites is 1. The number of hydrogen-bond acceptors (Lipinski definition) is 6. The minimum atomic E-state index is -0.330. The van der Waals surface area contributed by atoms with Gasteiger partial charge in [-0.1, -0.05) is 48.5 Å². The van der Waals surface area contributed by atoms with Gasteiger partial charge in [-0.2, -0.15) is 0 Å². The zero-order chi connectivity index (χ0) is 22.3. The van der Waals surface area contributed by atoms with E-state index in [1.807, 2.05) is 72.8 Å². The molecule has 4 rings (SSSR count). The number of ether oxygens (including phenoxy) is 1. The quantitative estimate of drug-likeness (QED) is 0.322. The molecule has 0 bridgehead atoms. The summed E-state index contributed by atoms with van der Waals surface area (Å²) in [5, 5.41) is 2.33. The lowest BCUT2D eigenvalue weighted by molar-refractivity contribution is -0.145. The molecule has 0 aliphatic carbocycles.